The Kier molecular flexibility index (Phi) is 13.2. The number of unbranched alkanes of at least 4 members (excludes halogenated alkanes) is 3. The molecule has 4 aromatic rings. The highest BCUT2D eigenvalue weighted by atomic mass is 79.9. The van der Waals surface area contributed by atoms with E-state index in [0.717, 1.165) is 8.97 Å². The Hall–Kier alpha value is -2.28. The van der Waals surface area contributed by atoms with Gasteiger partial charge in [0.05, 0.1) is 39.3 Å². The molecule has 0 heterocycles. The van der Waals surface area contributed by atoms with Gasteiger partial charge in [-0.05, 0) is 75.6 Å². The van der Waals surface area contributed by atoms with Crippen LogP contribution in [0, 0.1) is 0 Å². The molecule has 5 heteroatoms. The number of nitrogens with zero attached hydrogens (tertiary/aromatic N) is 2. The zero-order valence-corrected chi connectivity index (χ0v) is 30.8. The molecular weight excluding hydrogens is 684 g/mol. The minimum atomic E-state index is 0. The van der Waals surface area contributed by atoms with Gasteiger partial charge in [0.1, 0.15) is 12.1 Å². The number of hydrogen-bond acceptors (Lipinski definition) is 0. The van der Waals surface area contributed by atoms with Gasteiger partial charge in [0.2, 0.25) is 0 Å². The van der Waals surface area contributed by atoms with Crippen molar-refractivity contribution < 1.29 is 48.4 Å². The Bertz CT molecular complexity index is 1320. The Labute approximate surface area is 293 Å². The predicted molar refractivity (Wildman–Crippen MR) is 182 cm³/mol. The fourth-order valence-corrected chi connectivity index (χ4v) is 8.71. The van der Waals surface area contributed by atoms with Crippen molar-refractivity contribution >= 4 is 0 Å². The first-order chi connectivity index (χ1) is 20.6. The van der Waals surface area contributed by atoms with Crippen LogP contribution < -0.4 is 34.0 Å². The average Bonchev–Trinajstić information content (AvgIpc) is 3.57. The number of benzene rings is 4. The Morgan fingerprint density at radius 1 is 0.400 bits per heavy atom. The van der Waals surface area contributed by atoms with E-state index < -0.39 is 0 Å². The number of quaternary nitrogens is 2. The number of hydrogen-bond donors (Lipinski definition) is 0. The molecular formula is C40H52Br2N2O. The monoisotopic (exact) mass is 734 g/mol. The SMILES string of the molecule is CC[N+](CC)(CCCCCC[N+](CC)(CC)C1c2ccccc2-c2ccccc21)C1c2ccccc2-c2ccccc21.O.[Br-].[Br-]. The van der Waals surface area contributed by atoms with Crippen molar-refractivity contribution in [3.63, 3.8) is 0 Å². The third kappa shape index (κ3) is 6.49. The van der Waals surface area contributed by atoms with E-state index >= 15 is 0 Å². The highest BCUT2D eigenvalue weighted by Gasteiger charge is 2.44. The molecule has 6 rings (SSSR count). The number of fused-ring (bicyclic) bond motifs is 6. The van der Waals surface area contributed by atoms with E-state index in [2.05, 4.69) is 125 Å². The summed E-state index contributed by atoms with van der Waals surface area (Å²) in [7, 11) is 0. The molecule has 242 valence electrons. The third-order valence-corrected chi connectivity index (χ3v) is 11.2. The van der Waals surface area contributed by atoms with Crippen LogP contribution in [0.3, 0.4) is 0 Å². The fraction of sp³-hybridized carbons (Fsp3) is 0.400. The minimum absolute atomic E-state index is 0. The molecule has 0 unspecified atom stereocenters. The maximum Gasteiger partial charge on any atom is 0.142 e. The van der Waals surface area contributed by atoms with E-state index in [9.17, 15) is 0 Å². The molecule has 0 aromatic heterocycles. The van der Waals surface area contributed by atoms with Crippen LogP contribution in [0.15, 0.2) is 97.1 Å². The van der Waals surface area contributed by atoms with Crippen LogP contribution in [0.4, 0.5) is 0 Å². The molecule has 3 nitrogen and oxygen atoms in total. The maximum absolute atomic E-state index is 2.42. The van der Waals surface area contributed by atoms with Crippen LogP contribution >= 0.6 is 0 Å². The van der Waals surface area contributed by atoms with Gasteiger partial charge in [0.25, 0.3) is 0 Å². The molecule has 45 heavy (non-hydrogen) atoms. The highest BCUT2D eigenvalue weighted by molar-refractivity contribution is 5.79. The van der Waals surface area contributed by atoms with Crippen LogP contribution in [0.5, 0.6) is 0 Å². The second-order valence-electron chi connectivity index (χ2n) is 12.7. The van der Waals surface area contributed by atoms with Crippen LogP contribution in [0.25, 0.3) is 22.3 Å². The van der Waals surface area contributed by atoms with E-state index in [0.29, 0.717) is 12.1 Å². The van der Waals surface area contributed by atoms with Gasteiger partial charge >= 0.3 is 0 Å². The molecule has 0 spiro atoms. The third-order valence-electron chi connectivity index (χ3n) is 11.2. The van der Waals surface area contributed by atoms with Crippen LogP contribution in [-0.4, -0.2) is 53.7 Å². The highest BCUT2D eigenvalue weighted by Crippen LogP contribution is 2.50. The molecule has 0 saturated heterocycles. The maximum atomic E-state index is 2.42. The summed E-state index contributed by atoms with van der Waals surface area (Å²) >= 11 is 0. The van der Waals surface area contributed by atoms with E-state index in [1.54, 1.807) is 0 Å². The summed E-state index contributed by atoms with van der Waals surface area (Å²) in [5, 5.41) is 0. The molecule has 2 aliphatic rings. The Morgan fingerprint density at radius 3 is 0.889 bits per heavy atom. The largest absolute Gasteiger partial charge is 1.00 e. The van der Waals surface area contributed by atoms with Gasteiger partial charge in [-0.15, -0.1) is 0 Å². The first kappa shape index (κ1) is 37.2. The summed E-state index contributed by atoms with van der Waals surface area (Å²) in [4.78, 5) is 0. The van der Waals surface area contributed by atoms with Gasteiger partial charge in [-0.2, -0.15) is 0 Å². The molecule has 0 saturated carbocycles. The summed E-state index contributed by atoms with van der Waals surface area (Å²) in [6, 6.07) is 37.6. The Morgan fingerprint density at radius 2 is 0.644 bits per heavy atom. The van der Waals surface area contributed by atoms with E-state index in [1.165, 1.54) is 109 Å². The molecule has 0 radical (unpaired) electrons. The smallest absolute Gasteiger partial charge is 0.142 e. The molecule has 2 N–H and O–H groups in total. The minimum Gasteiger partial charge on any atom is -1.00 e. The first-order valence-corrected chi connectivity index (χ1v) is 16.7. The quantitative estimate of drug-likeness (QED) is 0.150. The van der Waals surface area contributed by atoms with Crippen molar-refractivity contribution in [3.8, 4) is 22.3 Å². The molecule has 2 aliphatic carbocycles. The lowest BCUT2D eigenvalue weighted by atomic mass is 9.98. The van der Waals surface area contributed by atoms with Gasteiger partial charge in [-0.3, -0.25) is 0 Å². The van der Waals surface area contributed by atoms with Crippen molar-refractivity contribution in [2.24, 2.45) is 0 Å². The molecule has 0 bridgehead atoms. The summed E-state index contributed by atoms with van der Waals surface area (Å²) in [6.45, 7) is 16.9. The lowest BCUT2D eigenvalue weighted by Crippen LogP contribution is -3.00. The van der Waals surface area contributed by atoms with Crippen molar-refractivity contribution in [2.75, 3.05) is 39.3 Å². The predicted octanol–water partition coefficient (Wildman–Crippen LogP) is 2.98. The number of halogens is 2. The second kappa shape index (κ2) is 16.0. The molecule has 0 aliphatic heterocycles. The molecule has 4 aromatic carbocycles. The zero-order chi connectivity index (χ0) is 29.2. The van der Waals surface area contributed by atoms with Crippen LogP contribution in [0.2, 0.25) is 0 Å². The van der Waals surface area contributed by atoms with Gasteiger partial charge in [-0.25, -0.2) is 0 Å². The van der Waals surface area contributed by atoms with Gasteiger partial charge in [0, 0.05) is 22.3 Å². The van der Waals surface area contributed by atoms with E-state index in [4.69, 9.17) is 0 Å². The summed E-state index contributed by atoms with van der Waals surface area (Å²) < 4.78 is 2.32. The fourth-order valence-electron chi connectivity index (χ4n) is 8.71. The zero-order valence-electron chi connectivity index (χ0n) is 27.6. The van der Waals surface area contributed by atoms with Crippen molar-refractivity contribution in [2.45, 2.75) is 65.5 Å². The van der Waals surface area contributed by atoms with Gasteiger partial charge < -0.3 is 48.4 Å². The molecule has 0 amide bonds. The molecule has 0 fully saturated rings. The van der Waals surface area contributed by atoms with Crippen molar-refractivity contribution in [1.29, 1.82) is 0 Å². The summed E-state index contributed by atoms with van der Waals surface area (Å²) in [6.07, 6.45) is 5.24. The molecule has 0 atom stereocenters. The van der Waals surface area contributed by atoms with Gasteiger partial charge in [0.15, 0.2) is 0 Å². The van der Waals surface area contributed by atoms with E-state index in [-0.39, 0.29) is 39.4 Å². The van der Waals surface area contributed by atoms with Crippen molar-refractivity contribution in [3.05, 3.63) is 119 Å². The van der Waals surface area contributed by atoms with E-state index in [1.807, 2.05) is 0 Å². The normalized spacial score (nSPS) is 13.5. The summed E-state index contributed by atoms with van der Waals surface area (Å²) in [5.41, 5.74) is 11.9. The number of rotatable bonds is 13. The second-order valence-corrected chi connectivity index (χ2v) is 12.7. The van der Waals surface area contributed by atoms with Crippen LogP contribution in [0.1, 0.15) is 87.7 Å². The standard InChI is InChI=1S/C40H50N2.2BrH.H2O/c1-5-41(6-2,39-35-25-15-11-21-31(35)32-22-12-16-26-36(32)39)29-19-9-10-20-30-42(7-3,8-4)40-37-27-17-13-23-33(37)34-24-14-18-28-38(34)40;;;/h11-18,21-28,39-40H,5-10,19-20,29-30H2,1-4H3;2*1H;1H2/q+2;;;/p-2. The van der Waals surface area contributed by atoms with Gasteiger partial charge in [-0.1, -0.05) is 97.1 Å². The Balaban J connectivity index is 0.00000184. The van der Waals surface area contributed by atoms with Crippen LogP contribution in [-0.2, 0) is 0 Å². The summed E-state index contributed by atoms with van der Waals surface area (Å²) in [5.74, 6) is 0. The lowest BCUT2D eigenvalue weighted by molar-refractivity contribution is -0.949. The first-order valence-electron chi connectivity index (χ1n) is 16.7. The average molecular weight is 737 g/mol. The topological polar surface area (TPSA) is 31.5 Å². The van der Waals surface area contributed by atoms with Crippen molar-refractivity contribution in [1.82, 2.24) is 0 Å². The lowest BCUT2D eigenvalue weighted by Gasteiger charge is -2.44.